The summed E-state index contributed by atoms with van der Waals surface area (Å²) in [6, 6.07) is 11.9. The van der Waals surface area contributed by atoms with E-state index in [0.29, 0.717) is 11.3 Å². The van der Waals surface area contributed by atoms with Crippen LogP contribution in [-0.2, 0) is 0 Å². The SMILES string of the molecule is CC.CNSNc1cccc(-c2nn(C3CC3)c(=O)c3c(Nc4ccc(C)cc4F)nc(=O)oc23)c1. The Morgan fingerprint density at radius 1 is 1.14 bits per heavy atom. The number of hydrogen-bond donors (Lipinski definition) is 3. The van der Waals surface area contributed by atoms with Crippen LogP contribution in [0.4, 0.5) is 21.6 Å². The van der Waals surface area contributed by atoms with Gasteiger partial charge >= 0.3 is 5.76 Å². The molecule has 2 aromatic heterocycles. The van der Waals surface area contributed by atoms with Crippen LogP contribution in [0.1, 0.15) is 38.3 Å². The first kappa shape index (κ1) is 25.4. The summed E-state index contributed by atoms with van der Waals surface area (Å²) >= 11 is 1.29. The lowest BCUT2D eigenvalue weighted by Crippen LogP contribution is -2.25. The summed E-state index contributed by atoms with van der Waals surface area (Å²) in [5.74, 6) is -1.52. The number of anilines is 3. The molecule has 1 aliphatic carbocycles. The van der Waals surface area contributed by atoms with Crippen LogP contribution in [0.25, 0.3) is 22.2 Å². The standard InChI is InChI=1S/C23H21FN6O3S.C2H6/c1-12-6-9-17(16(24)10-12)26-21-18-20(33-23(32)27-21)19(28-30(22(18)31)15-7-8-15)13-4-3-5-14(11-13)29-34-25-2;1-2/h3-6,9-11,15,25,29H,7-8H2,1-2H3,(H,26,27,32);1-2H3. The maximum absolute atomic E-state index is 14.5. The molecular formula is C25H27FN6O3S. The van der Waals surface area contributed by atoms with Crippen LogP contribution in [0.2, 0.25) is 0 Å². The van der Waals surface area contributed by atoms with Gasteiger partial charge in [-0.2, -0.15) is 10.1 Å². The van der Waals surface area contributed by atoms with Gasteiger partial charge in [-0.25, -0.2) is 18.6 Å². The van der Waals surface area contributed by atoms with Gasteiger partial charge in [-0.3, -0.25) is 4.79 Å². The van der Waals surface area contributed by atoms with E-state index in [9.17, 15) is 14.0 Å². The second-order valence-electron chi connectivity index (χ2n) is 7.96. The van der Waals surface area contributed by atoms with Crippen LogP contribution in [-0.4, -0.2) is 21.8 Å². The van der Waals surface area contributed by atoms with Gasteiger partial charge in [0.2, 0.25) is 0 Å². The van der Waals surface area contributed by atoms with Crippen molar-refractivity contribution in [2.24, 2.45) is 0 Å². The van der Waals surface area contributed by atoms with Crippen molar-refractivity contribution >= 4 is 40.3 Å². The molecule has 1 saturated carbocycles. The highest BCUT2D eigenvalue weighted by Gasteiger charge is 2.30. The Hall–Kier alpha value is -3.70. The minimum atomic E-state index is -0.922. The molecule has 5 rings (SSSR count). The Kier molecular flexibility index (Phi) is 7.70. The zero-order chi connectivity index (χ0) is 25.8. The van der Waals surface area contributed by atoms with Crippen LogP contribution < -0.4 is 26.1 Å². The number of rotatable bonds is 7. The van der Waals surface area contributed by atoms with Crippen molar-refractivity contribution in [3.8, 4) is 11.3 Å². The second kappa shape index (κ2) is 10.9. The molecule has 2 aromatic carbocycles. The number of aryl methyl sites for hydroxylation is 1. The first-order chi connectivity index (χ1) is 17.4. The van der Waals surface area contributed by atoms with Gasteiger partial charge < -0.3 is 14.5 Å². The Labute approximate surface area is 211 Å². The summed E-state index contributed by atoms with van der Waals surface area (Å²) in [6.07, 6.45) is 1.63. The van der Waals surface area contributed by atoms with E-state index in [2.05, 4.69) is 24.8 Å². The maximum atomic E-state index is 14.5. The second-order valence-corrected chi connectivity index (χ2v) is 8.78. The fourth-order valence-electron chi connectivity index (χ4n) is 3.63. The molecule has 0 bridgehead atoms. The molecular weight excluding hydrogens is 483 g/mol. The summed E-state index contributed by atoms with van der Waals surface area (Å²) in [7, 11) is 1.79. The Bertz CT molecular complexity index is 1520. The van der Waals surface area contributed by atoms with Gasteiger partial charge in [0, 0.05) is 23.4 Å². The fourth-order valence-corrected chi connectivity index (χ4v) is 3.98. The minimum absolute atomic E-state index is 0.00432. The average molecular weight is 511 g/mol. The highest BCUT2D eigenvalue weighted by atomic mass is 32.2. The lowest BCUT2D eigenvalue weighted by Gasteiger charge is -2.13. The van der Waals surface area contributed by atoms with E-state index in [1.165, 1.54) is 28.9 Å². The molecule has 11 heteroatoms. The summed E-state index contributed by atoms with van der Waals surface area (Å²) in [4.78, 5) is 29.7. The third-order valence-corrected chi connectivity index (χ3v) is 5.92. The van der Waals surface area contributed by atoms with Crippen molar-refractivity contribution in [2.75, 3.05) is 17.1 Å². The molecule has 0 aliphatic heterocycles. The van der Waals surface area contributed by atoms with E-state index >= 15 is 0 Å². The third kappa shape index (κ3) is 5.26. The van der Waals surface area contributed by atoms with Crippen LogP contribution >= 0.6 is 12.1 Å². The molecule has 1 fully saturated rings. The molecule has 2 heterocycles. The number of hydrogen-bond acceptors (Lipinski definition) is 9. The topological polar surface area (TPSA) is 114 Å². The summed E-state index contributed by atoms with van der Waals surface area (Å²) < 4.78 is 27.4. The van der Waals surface area contributed by atoms with Gasteiger partial charge in [0.1, 0.15) is 16.9 Å². The molecule has 0 saturated heterocycles. The molecule has 0 spiro atoms. The number of nitrogens with one attached hydrogen (secondary N) is 3. The zero-order valence-electron chi connectivity index (χ0n) is 20.4. The molecule has 36 heavy (non-hydrogen) atoms. The Morgan fingerprint density at radius 2 is 1.92 bits per heavy atom. The van der Waals surface area contributed by atoms with E-state index in [0.717, 1.165) is 24.1 Å². The van der Waals surface area contributed by atoms with Crippen LogP contribution in [0.3, 0.4) is 0 Å². The smallest absolute Gasteiger partial charge is 0.405 e. The first-order valence-electron chi connectivity index (χ1n) is 11.6. The molecule has 4 aromatic rings. The molecule has 188 valence electrons. The highest BCUT2D eigenvalue weighted by molar-refractivity contribution is 7.98. The molecule has 9 nitrogen and oxygen atoms in total. The van der Waals surface area contributed by atoms with Gasteiger partial charge in [0.25, 0.3) is 5.56 Å². The molecule has 0 atom stereocenters. The molecule has 0 amide bonds. The van der Waals surface area contributed by atoms with Crippen molar-refractivity contribution in [1.82, 2.24) is 19.5 Å². The van der Waals surface area contributed by atoms with E-state index in [-0.39, 0.29) is 28.5 Å². The van der Waals surface area contributed by atoms with Crippen molar-refractivity contribution in [3.63, 3.8) is 0 Å². The largest absolute Gasteiger partial charge is 0.441 e. The molecule has 0 unspecified atom stereocenters. The molecule has 3 N–H and O–H groups in total. The van der Waals surface area contributed by atoms with E-state index in [4.69, 9.17) is 4.42 Å². The van der Waals surface area contributed by atoms with E-state index in [1.807, 2.05) is 38.1 Å². The highest BCUT2D eigenvalue weighted by Crippen LogP contribution is 2.36. The number of nitrogens with zero attached hydrogens (tertiary/aromatic N) is 3. The number of halogens is 1. The van der Waals surface area contributed by atoms with Crippen molar-refractivity contribution in [2.45, 2.75) is 39.7 Å². The quantitative estimate of drug-likeness (QED) is 0.290. The lowest BCUT2D eigenvalue weighted by atomic mass is 10.1. The van der Waals surface area contributed by atoms with Gasteiger partial charge in [-0.05, 0) is 56.6 Å². The van der Waals surface area contributed by atoms with E-state index < -0.39 is 17.1 Å². The van der Waals surface area contributed by atoms with Crippen molar-refractivity contribution in [3.05, 3.63) is 74.7 Å². The van der Waals surface area contributed by atoms with Gasteiger partial charge in [-0.1, -0.05) is 32.0 Å². The lowest BCUT2D eigenvalue weighted by molar-refractivity contribution is 0.523. The maximum Gasteiger partial charge on any atom is 0.441 e. The van der Waals surface area contributed by atoms with Crippen LogP contribution in [0.15, 0.2) is 56.5 Å². The Morgan fingerprint density at radius 3 is 2.61 bits per heavy atom. The molecule has 0 radical (unpaired) electrons. The summed E-state index contributed by atoms with van der Waals surface area (Å²) in [6.45, 7) is 5.77. The van der Waals surface area contributed by atoms with Crippen molar-refractivity contribution < 1.29 is 8.81 Å². The summed E-state index contributed by atoms with van der Waals surface area (Å²) in [5.41, 5.74) is 2.13. The number of benzene rings is 2. The van der Waals surface area contributed by atoms with Gasteiger partial charge in [-0.15, -0.1) is 0 Å². The monoisotopic (exact) mass is 510 g/mol. The molecule has 1 aliphatic rings. The predicted molar refractivity (Wildman–Crippen MR) is 142 cm³/mol. The number of fused-ring (bicyclic) bond motifs is 1. The number of aromatic nitrogens is 3. The summed E-state index contributed by atoms with van der Waals surface area (Å²) in [5, 5.41) is 7.42. The van der Waals surface area contributed by atoms with Gasteiger partial charge in [0.15, 0.2) is 11.4 Å². The average Bonchev–Trinajstić information content (AvgIpc) is 3.71. The van der Waals surface area contributed by atoms with Crippen LogP contribution in [0.5, 0.6) is 0 Å². The van der Waals surface area contributed by atoms with E-state index in [1.54, 1.807) is 20.0 Å². The fraction of sp³-hybridized carbons (Fsp3) is 0.280. The third-order valence-electron chi connectivity index (χ3n) is 5.38. The van der Waals surface area contributed by atoms with Crippen LogP contribution in [0, 0.1) is 12.7 Å². The zero-order valence-corrected chi connectivity index (χ0v) is 21.2. The minimum Gasteiger partial charge on any atom is -0.405 e. The van der Waals surface area contributed by atoms with Crippen molar-refractivity contribution in [1.29, 1.82) is 0 Å². The predicted octanol–water partition coefficient (Wildman–Crippen LogP) is 5.16. The van der Waals surface area contributed by atoms with Gasteiger partial charge in [0.05, 0.1) is 11.7 Å². The normalized spacial score (nSPS) is 12.7. The Balaban J connectivity index is 0.00000148. The first-order valence-corrected chi connectivity index (χ1v) is 12.5.